The van der Waals surface area contributed by atoms with E-state index in [4.69, 9.17) is 11.6 Å². The Hall–Kier alpha value is -0.670. The molecule has 4 heteroatoms. The number of halogens is 1. The van der Waals surface area contributed by atoms with Crippen molar-refractivity contribution in [1.82, 2.24) is 0 Å². The van der Waals surface area contributed by atoms with Crippen molar-refractivity contribution in [1.29, 1.82) is 0 Å². The number of rotatable bonds is 3. The van der Waals surface area contributed by atoms with Crippen LogP contribution in [0.1, 0.15) is 25.8 Å². The van der Waals surface area contributed by atoms with Crippen LogP contribution in [0.3, 0.4) is 0 Å². The summed E-state index contributed by atoms with van der Waals surface area (Å²) in [7, 11) is 0. The number of nitrogens with zero attached hydrogens (tertiary/aromatic N) is 1. The molecule has 1 atom stereocenters. The summed E-state index contributed by atoms with van der Waals surface area (Å²) in [4.78, 5) is 4.56. The Morgan fingerprint density at radius 3 is 2.94 bits per heavy atom. The number of thioether (sulfide) groups is 1. The molecule has 0 amide bonds. The average molecular weight is 283 g/mol. The first kappa shape index (κ1) is 13.8. The van der Waals surface area contributed by atoms with Crippen molar-refractivity contribution < 1.29 is 0 Å². The Kier molecular flexibility index (Phi) is 4.57. The van der Waals surface area contributed by atoms with Crippen LogP contribution in [0.2, 0.25) is 5.02 Å². The minimum Gasteiger partial charge on any atom is -0.335 e. The number of anilines is 1. The van der Waals surface area contributed by atoms with Gasteiger partial charge in [0.1, 0.15) is 0 Å². The average Bonchev–Trinajstić information content (AvgIpc) is 2.69. The standard InChI is InChI=1S/C14H19ClN2S/c1-9(2)6-12-8-16-14(18-12)17-13-5-4-11(15)7-10(13)3/h4-5,7,9,12H,6,8H2,1-3H3,(H,16,17). The Labute approximate surface area is 118 Å². The Bertz CT molecular complexity index is 457. The predicted octanol–water partition coefficient (Wildman–Crippen LogP) is 4.58. The van der Waals surface area contributed by atoms with Crippen LogP contribution in [0, 0.1) is 12.8 Å². The molecule has 98 valence electrons. The Balaban J connectivity index is 1.95. The zero-order valence-electron chi connectivity index (χ0n) is 11.0. The molecule has 0 fully saturated rings. The van der Waals surface area contributed by atoms with E-state index >= 15 is 0 Å². The molecule has 1 heterocycles. The topological polar surface area (TPSA) is 24.4 Å². The smallest absolute Gasteiger partial charge is 0.161 e. The highest BCUT2D eigenvalue weighted by Crippen LogP contribution is 2.28. The summed E-state index contributed by atoms with van der Waals surface area (Å²) in [6.07, 6.45) is 1.22. The fourth-order valence-corrected chi connectivity index (χ4v) is 3.51. The van der Waals surface area contributed by atoms with Crippen LogP contribution in [0.5, 0.6) is 0 Å². The molecule has 18 heavy (non-hydrogen) atoms. The van der Waals surface area contributed by atoms with Crippen molar-refractivity contribution in [3.8, 4) is 0 Å². The van der Waals surface area contributed by atoms with Gasteiger partial charge in [0.15, 0.2) is 5.17 Å². The zero-order valence-corrected chi connectivity index (χ0v) is 12.6. The largest absolute Gasteiger partial charge is 0.335 e. The van der Waals surface area contributed by atoms with Crippen LogP contribution in [-0.4, -0.2) is 17.0 Å². The Morgan fingerprint density at radius 1 is 1.50 bits per heavy atom. The van der Waals surface area contributed by atoms with Crippen LogP contribution < -0.4 is 5.32 Å². The van der Waals surface area contributed by atoms with Crippen molar-refractivity contribution >= 4 is 34.2 Å². The first-order chi connectivity index (χ1) is 8.54. The minimum absolute atomic E-state index is 0.625. The molecule has 0 aliphatic carbocycles. The molecule has 1 aromatic carbocycles. The van der Waals surface area contributed by atoms with Gasteiger partial charge in [0.25, 0.3) is 0 Å². The molecule has 1 aliphatic rings. The maximum absolute atomic E-state index is 5.95. The number of hydrogen-bond donors (Lipinski definition) is 1. The normalized spacial score (nSPS) is 19.2. The van der Waals surface area contributed by atoms with Crippen molar-refractivity contribution in [2.24, 2.45) is 10.9 Å². The molecular formula is C14H19ClN2S. The van der Waals surface area contributed by atoms with Crippen LogP contribution >= 0.6 is 23.4 Å². The highest BCUT2D eigenvalue weighted by molar-refractivity contribution is 8.15. The van der Waals surface area contributed by atoms with E-state index in [9.17, 15) is 0 Å². The fraction of sp³-hybridized carbons (Fsp3) is 0.500. The molecule has 0 spiro atoms. The van der Waals surface area contributed by atoms with Crippen molar-refractivity contribution in [3.63, 3.8) is 0 Å². The predicted molar refractivity (Wildman–Crippen MR) is 82.9 cm³/mol. The second-order valence-electron chi connectivity index (χ2n) is 5.10. The third-order valence-electron chi connectivity index (χ3n) is 2.88. The van der Waals surface area contributed by atoms with Gasteiger partial charge in [-0.1, -0.05) is 37.2 Å². The molecule has 1 unspecified atom stereocenters. The van der Waals surface area contributed by atoms with Gasteiger partial charge in [-0.3, -0.25) is 4.99 Å². The fourth-order valence-electron chi connectivity index (χ4n) is 2.02. The second-order valence-corrected chi connectivity index (χ2v) is 6.82. The molecule has 1 N–H and O–H groups in total. The van der Waals surface area contributed by atoms with E-state index < -0.39 is 0 Å². The van der Waals surface area contributed by atoms with Crippen LogP contribution in [-0.2, 0) is 0 Å². The van der Waals surface area contributed by atoms with Crippen LogP contribution in [0.4, 0.5) is 5.69 Å². The van der Waals surface area contributed by atoms with Crippen LogP contribution in [0.15, 0.2) is 23.2 Å². The molecule has 0 radical (unpaired) electrons. The summed E-state index contributed by atoms with van der Waals surface area (Å²) in [6, 6.07) is 5.88. The molecule has 0 saturated carbocycles. The van der Waals surface area contributed by atoms with Gasteiger partial charge in [-0.25, -0.2) is 0 Å². The summed E-state index contributed by atoms with van der Waals surface area (Å²) in [5.41, 5.74) is 2.24. The monoisotopic (exact) mass is 282 g/mol. The SMILES string of the molecule is Cc1cc(Cl)ccc1NC1=NCC(CC(C)C)S1. The highest BCUT2D eigenvalue weighted by Gasteiger charge is 2.20. The maximum atomic E-state index is 5.95. The van der Waals surface area contributed by atoms with Gasteiger partial charge in [-0.2, -0.15) is 0 Å². The van der Waals surface area contributed by atoms with Gasteiger partial charge in [-0.15, -0.1) is 0 Å². The summed E-state index contributed by atoms with van der Waals surface area (Å²) in [6.45, 7) is 7.50. The summed E-state index contributed by atoms with van der Waals surface area (Å²) < 4.78 is 0. The number of nitrogens with one attached hydrogen (secondary N) is 1. The Morgan fingerprint density at radius 2 is 2.28 bits per heavy atom. The lowest BCUT2D eigenvalue weighted by molar-refractivity contribution is 0.575. The number of aryl methyl sites for hydroxylation is 1. The number of amidine groups is 1. The molecule has 0 bridgehead atoms. The highest BCUT2D eigenvalue weighted by atomic mass is 35.5. The molecule has 2 rings (SSSR count). The minimum atomic E-state index is 0.625. The van der Waals surface area contributed by atoms with E-state index in [0.717, 1.165) is 33.9 Å². The quantitative estimate of drug-likeness (QED) is 0.878. The first-order valence-electron chi connectivity index (χ1n) is 6.29. The lowest BCUT2D eigenvalue weighted by Gasteiger charge is -2.12. The number of hydrogen-bond acceptors (Lipinski definition) is 3. The molecular weight excluding hydrogens is 264 g/mol. The summed E-state index contributed by atoms with van der Waals surface area (Å²) >= 11 is 7.80. The van der Waals surface area contributed by atoms with E-state index in [1.54, 1.807) is 0 Å². The van der Waals surface area contributed by atoms with Gasteiger partial charge in [0, 0.05) is 16.0 Å². The van der Waals surface area contributed by atoms with E-state index in [1.165, 1.54) is 6.42 Å². The number of aliphatic imine (C=N–C) groups is 1. The van der Waals surface area contributed by atoms with Gasteiger partial charge in [-0.05, 0) is 43.0 Å². The van der Waals surface area contributed by atoms with E-state index in [0.29, 0.717) is 5.25 Å². The van der Waals surface area contributed by atoms with Gasteiger partial charge >= 0.3 is 0 Å². The van der Waals surface area contributed by atoms with E-state index in [1.807, 2.05) is 30.0 Å². The molecule has 1 aromatic rings. The van der Waals surface area contributed by atoms with Crippen molar-refractivity contribution in [3.05, 3.63) is 28.8 Å². The van der Waals surface area contributed by atoms with Gasteiger partial charge in [0.05, 0.1) is 6.54 Å². The molecule has 0 aromatic heterocycles. The van der Waals surface area contributed by atoms with Gasteiger partial charge < -0.3 is 5.32 Å². The second kappa shape index (κ2) is 5.98. The lowest BCUT2D eigenvalue weighted by Crippen LogP contribution is -2.10. The first-order valence-corrected chi connectivity index (χ1v) is 7.54. The third-order valence-corrected chi connectivity index (χ3v) is 4.25. The molecule has 1 aliphatic heterocycles. The molecule has 0 saturated heterocycles. The maximum Gasteiger partial charge on any atom is 0.161 e. The van der Waals surface area contributed by atoms with Crippen molar-refractivity contribution in [2.75, 3.05) is 11.9 Å². The van der Waals surface area contributed by atoms with Gasteiger partial charge in [0.2, 0.25) is 0 Å². The molecule has 2 nitrogen and oxygen atoms in total. The lowest BCUT2D eigenvalue weighted by atomic mass is 10.1. The summed E-state index contributed by atoms with van der Waals surface area (Å²) in [5, 5.41) is 5.83. The zero-order chi connectivity index (χ0) is 13.1. The van der Waals surface area contributed by atoms with Crippen molar-refractivity contribution in [2.45, 2.75) is 32.4 Å². The van der Waals surface area contributed by atoms with E-state index in [-0.39, 0.29) is 0 Å². The third kappa shape index (κ3) is 3.66. The van der Waals surface area contributed by atoms with E-state index in [2.05, 4.69) is 31.1 Å². The van der Waals surface area contributed by atoms with Crippen LogP contribution in [0.25, 0.3) is 0 Å². The summed E-state index contributed by atoms with van der Waals surface area (Å²) in [5.74, 6) is 0.731. The number of benzene rings is 1.